The van der Waals surface area contributed by atoms with Gasteiger partial charge in [0.15, 0.2) is 5.78 Å². The van der Waals surface area contributed by atoms with Crippen LogP contribution in [-0.4, -0.2) is 41.2 Å². The molecule has 4 heteroatoms. The number of nitrogens with zero attached hydrogens (tertiary/aromatic N) is 1. The minimum absolute atomic E-state index is 0.0347. The number of benzene rings is 3. The number of Topliss-reactive ketones (excluding diaryl/α,β-unsaturated/α-hetero) is 1. The summed E-state index contributed by atoms with van der Waals surface area (Å²) in [6.45, 7) is 7.22. The van der Waals surface area contributed by atoms with Crippen molar-refractivity contribution in [2.24, 2.45) is 5.92 Å². The van der Waals surface area contributed by atoms with Crippen LogP contribution in [0.4, 0.5) is 0 Å². The first kappa shape index (κ1) is 26.0. The summed E-state index contributed by atoms with van der Waals surface area (Å²) in [5.41, 5.74) is 1.42. The van der Waals surface area contributed by atoms with Crippen LogP contribution in [-0.2, 0) is 15.8 Å². The summed E-state index contributed by atoms with van der Waals surface area (Å²) in [5, 5.41) is 12.2. The monoisotopic (exact) mass is 483 g/mol. The van der Waals surface area contributed by atoms with Gasteiger partial charge >= 0.3 is 0 Å². The highest BCUT2D eigenvalue weighted by Gasteiger charge is 2.43. The second kappa shape index (κ2) is 10.9. The number of carbonyl (C=O) groups is 2. The molecule has 1 heterocycles. The number of ketones is 1. The van der Waals surface area contributed by atoms with Crippen LogP contribution in [0.15, 0.2) is 84.9 Å². The molecule has 0 aliphatic carbocycles. The Balaban J connectivity index is 1.57. The third-order valence-electron chi connectivity index (χ3n) is 7.86. The molecule has 0 saturated carbocycles. The van der Waals surface area contributed by atoms with Gasteiger partial charge in [-0.25, -0.2) is 0 Å². The molecule has 1 atom stereocenters. The second-order valence-electron chi connectivity index (χ2n) is 10.5. The van der Waals surface area contributed by atoms with E-state index in [1.165, 1.54) is 0 Å². The van der Waals surface area contributed by atoms with Crippen molar-refractivity contribution in [2.45, 2.75) is 57.1 Å². The van der Waals surface area contributed by atoms with E-state index in [0.717, 1.165) is 48.9 Å². The summed E-state index contributed by atoms with van der Waals surface area (Å²) in [5.74, 6) is 0.107. The van der Waals surface area contributed by atoms with Crippen molar-refractivity contribution in [2.75, 3.05) is 13.1 Å². The lowest BCUT2D eigenvalue weighted by atomic mass is 9.71. The van der Waals surface area contributed by atoms with Crippen LogP contribution < -0.4 is 0 Å². The average molecular weight is 484 g/mol. The van der Waals surface area contributed by atoms with Gasteiger partial charge in [-0.3, -0.25) is 9.69 Å². The van der Waals surface area contributed by atoms with E-state index >= 15 is 0 Å². The van der Waals surface area contributed by atoms with E-state index in [2.05, 4.69) is 4.90 Å². The van der Waals surface area contributed by atoms with Gasteiger partial charge in [0.2, 0.25) is 0 Å². The number of likely N-dealkylation sites (tertiary alicyclic amines) is 1. The summed E-state index contributed by atoms with van der Waals surface area (Å²) >= 11 is 0. The molecule has 1 aliphatic rings. The lowest BCUT2D eigenvalue weighted by Crippen LogP contribution is -2.49. The van der Waals surface area contributed by atoms with E-state index in [4.69, 9.17) is 0 Å². The van der Waals surface area contributed by atoms with Crippen LogP contribution in [0.25, 0.3) is 0 Å². The lowest BCUT2D eigenvalue weighted by Gasteiger charge is -2.44. The number of carbonyl (C=O) groups excluding carboxylic acids is 2. The van der Waals surface area contributed by atoms with Crippen LogP contribution in [0.1, 0.15) is 67.1 Å². The fraction of sp³-hybridized carbons (Fsp3) is 0.375. The lowest BCUT2D eigenvalue weighted by molar-refractivity contribution is -0.111. The summed E-state index contributed by atoms with van der Waals surface area (Å²) < 4.78 is 0. The maximum absolute atomic E-state index is 13.8. The first-order valence-corrected chi connectivity index (χ1v) is 13.0. The summed E-state index contributed by atoms with van der Waals surface area (Å²) in [6.07, 6.45) is 3.18. The van der Waals surface area contributed by atoms with Gasteiger partial charge in [-0.1, -0.05) is 91.9 Å². The molecule has 1 fully saturated rings. The molecule has 4 rings (SSSR count). The largest absolute Gasteiger partial charge is 0.380 e. The van der Waals surface area contributed by atoms with Crippen molar-refractivity contribution in [3.8, 4) is 0 Å². The molecule has 0 bridgehead atoms. The van der Waals surface area contributed by atoms with Crippen LogP contribution >= 0.6 is 0 Å². The Morgan fingerprint density at radius 1 is 0.917 bits per heavy atom. The number of piperidine rings is 1. The van der Waals surface area contributed by atoms with Crippen molar-refractivity contribution in [3.05, 3.63) is 107 Å². The second-order valence-corrected chi connectivity index (χ2v) is 10.5. The minimum Gasteiger partial charge on any atom is -0.380 e. The zero-order chi connectivity index (χ0) is 25.8. The first-order chi connectivity index (χ1) is 17.3. The normalized spacial score (nSPS) is 16.4. The molecule has 1 aliphatic heterocycles. The molecule has 188 valence electrons. The zero-order valence-electron chi connectivity index (χ0n) is 21.6. The molecule has 0 aromatic heterocycles. The predicted molar refractivity (Wildman–Crippen MR) is 144 cm³/mol. The molecule has 1 saturated heterocycles. The van der Waals surface area contributed by atoms with Crippen molar-refractivity contribution in [3.63, 3.8) is 0 Å². The van der Waals surface area contributed by atoms with Gasteiger partial charge in [-0.2, -0.15) is 0 Å². The maximum atomic E-state index is 13.8. The van der Waals surface area contributed by atoms with Crippen molar-refractivity contribution < 1.29 is 14.7 Å². The van der Waals surface area contributed by atoms with Gasteiger partial charge in [0.1, 0.15) is 11.9 Å². The van der Waals surface area contributed by atoms with E-state index in [9.17, 15) is 14.7 Å². The quantitative estimate of drug-likeness (QED) is 0.310. The molecular weight excluding hydrogens is 446 g/mol. The van der Waals surface area contributed by atoms with E-state index in [0.29, 0.717) is 12.0 Å². The van der Waals surface area contributed by atoms with Crippen LogP contribution in [0.3, 0.4) is 0 Å². The number of aldehydes is 1. The summed E-state index contributed by atoms with van der Waals surface area (Å²) in [7, 11) is 0. The van der Waals surface area contributed by atoms with E-state index in [1.54, 1.807) is 0 Å². The zero-order valence-corrected chi connectivity index (χ0v) is 21.6. The first-order valence-electron chi connectivity index (χ1n) is 13.0. The van der Waals surface area contributed by atoms with Crippen molar-refractivity contribution in [1.29, 1.82) is 0 Å². The number of rotatable bonds is 9. The Bertz CT molecular complexity index is 1120. The third kappa shape index (κ3) is 4.93. The molecule has 3 aromatic carbocycles. The molecular formula is C32H37NO3. The molecule has 3 aromatic rings. The average Bonchev–Trinajstić information content (AvgIpc) is 2.94. The SMILES string of the molecule is CCC(C(=O)c1ccccc1C(C)(C)C=O)N1CCC(C(O)(c2ccccc2)c2ccccc2)CC1. The number of aliphatic hydroxyl groups is 1. The van der Waals surface area contributed by atoms with E-state index < -0.39 is 11.0 Å². The highest BCUT2D eigenvalue weighted by atomic mass is 16.3. The van der Waals surface area contributed by atoms with Crippen LogP contribution in [0.2, 0.25) is 0 Å². The fourth-order valence-electron chi connectivity index (χ4n) is 5.76. The van der Waals surface area contributed by atoms with Crippen molar-refractivity contribution >= 4 is 12.1 Å². The van der Waals surface area contributed by atoms with Gasteiger partial charge in [0.05, 0.1) is 6.04 Å². The Labute approximate surface area is 215 Å². The van der Waals surface area contributed by atoms with Gasteiger partial charge in [-0.05, 0) is 68.8 Å². The number of hydrogen-bond acceptors (Lipinski definition) is 4. The van der Waals surface area contributed by atoms with E-state index in [-0.39, 0.29) is 17.7 Å². The fourth-order valence-corrected chi connectivity index (χ4v) is 5.76. The molecule has 1 N–H and O–H groups in total. The molecule has 0 radical (unpaired) electrons. The molecule has 0 amide bonds. The van der Waals surface area contributed by atoms with Crippen LogP contribution in [0.5, 0.6) is 0 Å². The van der Waals surface area contributed by atoms with Gasteiger partial charge in [0, 0.05) is 11.0 Å². The standard InChI is InChI=1S/C32H37NO3/c1-4-29(30(35)27-17-11-12-18-28(27)31(2,3)23-34)33-21-19-26(20-22-33)32(36,24-13-7-5-8-14-24)25-15-9-6-10-16-25/h5-18,23,26,29,36H,4,19-22H2,1-3H3. The topological polar surface area (TPSA) is 57.6 Å². The third-order valence-corrected chi connectivity index (χ3v) is 7.86. The minimum atomic E-state index is -1.08. The summed E-state index contributed by atoms with van der Waals surface area (Å²) in [4.78, 5) is 27.8. The highest BCUT2D eigenvalue weighted by molar-refractivity contribution is 6.02. The molecule has 36 heavy (non-hydrogen) atoms. The Morgan fingerprint density at radius 3 is 1.92 bits per heavy atom. The Kier molecular flexibility index (Phi) is 7.87. The molecule has 0 spiro atoms. The van der Waals surface area contributed by atoms with Gasteiger partial charge < -0.3 is 9.90 Å². The van der Waals surface area contributed by atoms with Crippen LogP contribution in [0, 0.1) is 5.92 Å². The highest BCUT2D eigenvalue weighted by Crippen LogP contribution is 2.42. The summed E-state index contributed by atoms with van der Waals surface area (Å²) in [6, 6.07) is 27.1. The smallest absolute Gasteiger partial charge is 0.180 e. The maximum Gasteiger partial charge on any atom is 0.180 e. The van der Waals surface area contributed by atoms with E-state index in [1.807, 2.05) is 106 Å². The van der Waals surface area contributed by atoms with Crippen molar-refractivity contribution in [1.82, 2.24) is 4.90 Å². The Hall–Kier alpha value is -3.08. The molecule has 4 nitrogen and oxygen atoms in total. The molecule has 1 unspecified atom stereocenters. The van der Waals surface area contributed by atoms with Gasteiger partial charge in [-0.15, -0.1) is 0 Å². The number of hydrogen-bond donors (Lipinski definition) is 1. The predicted octanol–water partition coefficient (Wildman–Crippen LogP) is 5.77. The Morgan fingerprint density at radius 2 is 1.42 bits per heavy atom. The van der Waals surface area contributed by atoms with Gasteiger partial charge in [0.25, 0.3) is 0 Å².